The predicted molar refractivity (Wildman–Crippen MR) is 152 cm³/mol. The van der Waals surface area contributed by atoms with Gasteiger partial charge in [-0.05, 0) is 44.2 Å². The van der Waals surface area contributed by atoms with Crippen LogP contribution in [-0.4, -0.2) is 44.2 Å². The molecule has 0 aliphatic heterocycles. The van der Waals surface area contributed by atoms with E-state index in [1.165, 1.54) is 26.2 Å². The molecule has 1 aromatic carbocycles. The third-order valence-electron chi connectivity index (χ3n) is 4.92. The summed E-state index contributed by atoms with van der Waals surface area (Å²) in [5, 5.41) is 0. The number of hydrogen-bond donors (Lipinski definition) is 0. The van der Waals surface area contributed by atoms with Crippen LogP contribution in [-0.2, 0) is 0 Å². The van der Waals surface area contributed by atoms with E-state index in [-0.39, 0.29) is 5.91 Å². The van der Waals surface area contributed by atoms with Crippen LogP contribution in [0.15, 0.2) is 92.0 Å². The van der Waals surface area contributed by atoms with E-state index >= 15 is 0 Å². The van der Waals surface area contributed by atoms with E-state index in [0.29, 0.717) is 45.6 Å². The molecule has 37 heavy (non-hydrogen) atoms. The van der Waals surface area contributed by atoms with Crippen molar-refractivity contribution in [3.8, 4) is 23.0 Å². The lowest BCUT2D eigenvalue weighted by Gasteiger charge is -2.21. The molecule has 0 saturated carbocycles. The van der Waals surface area contributed by atoms with Gasteiger partial charge in [-0.2, -0.15) is 0 Å². The Hall–Kier alpha value is -4.26. The van der Waals surface area contributed by atoms with Crippen molar-refractivity contribution in [1.82, 2.24) is 9.88 Å². The largest absolute Gasteiger partial charge is 0.493 e. The quantitative estimate of drug-likeness (QED) is 0.197. The molecule has 0 aliphatic rings. The minimum absolute atomic E-state index is 0.254. The van der Waals surface area contributed by atoms with Gasteiger partial charge in [0.05, 0.1) is 27.0 Å². The molecular weight excluding hydrogens is 468 g/mol. The number of aryl methyl sites for hydroxylation is 1. The number of methoxy groups -OCH3 is 3. The van der Waals surface area contributed by atoms with E-state index in [0.717, 1.165) is 5.69 Å². The van der Waals surface area contributed by atoms with Gasteiger partial charge in [0.1, 0.15) is 11.5 Å². The second-order valence-electron chi connectivity index (χ2n) is 7.03. The first-order valence-electron chi connectivity index (χ1n) is 11.6. The first-order chi connectivity index (χ1) is 17.8. The van der Waals surface area contributed by atoms with Crippen molar-refractivity contribution >= 4 is 5.91 Å². The molecule has 0 N–H and O–H groups in total. The van der Waals surface area contributed by atoms with Crippen LogP contribution >= 0.6 is 0 Å². The molecule has 1 aromatic heterocycles. The Labute approximate surface area is 222 Å². The minimum Gasteiger partial charge on any atom is -0.493 e. The standard InChI is InChI=1S/C26H30N2O5.C2H6.C2H4/c1-9-11-20(19(4)33-22-12-10-13-27-18(22)3)14-17(2)28(5)26(29)21-15-23(30-6)25(32-8)24(16-21)31-7;2*1-2/h9-16H,1,4H2,2-3,5-8H3;1-2H3;1-2H2/b17-14+,20-11+;;. The first kappa shape index (κ1) is 32.7. The Morgan fingerprint density at radius 3 is 2.05 bits per heavy atom. The van der Waals surface area contributed by atoms with E-state index in [1.807, 2.05) is 33.8 Å². The number of allylic oxidation sites excluding steroid dienone is 4. The Balaban J connectivity index is 0.00000308. The van der Waals surface area contributed by atoms with E-state index in [9.17, 15) is 4.79 Å². The van der Waals surface area contributed by atoms with Crippen LogP contribution in [0.4, 0.5) is 0 Å². The highest BCUT2D eigenvalue weighted by Crippen LogP contribution is 2.38. The Morgan fingerprint density at radius 1 is 1.03 bits per heavy atom. The zero-order valence-corrected chi connectivity index (χ0v) is 23.4. The number of nitrogens with zero attached hydrogens (tertiary/aromatic N) is 2. The van der Waals surface area contributed by atoms with Crippen LogP contribution in [0.1, 0.15) is 36.8 Å². The highest BCUT2D eigenvalue weighted by molar-refractivity contribution is 5.96. The second-order valence-corrected chi connectivity index (χ2v) is 7.03. The fourth-order valence-electron chi connectivity index (χ4n) is 3.00. The Bertz CT molecular complexity index is 1090. The summed E-state index contributed by atoms with van der Waals surface area (Å²) in [7, 11) is 6.19. The summed E-state index contributed by atoms with van der Waals surface area (Å²) in [6.45, 7) is 21.5. The molecule has 1 heterocycles. The number of ether oxygens (including phenoxy) is 4. The molecule has 0 unspecified atom stereocenters. The topological polar surface area (TPSA) is 70.1 Å². The summed E-state index contributed by atoms with van der Waals surface area (Å²) < 4.78 is 22.0. The lowest BCUT2D eigenvalue weighted by atomic mass is 10.1. The third kappa shape index (κ3) is 9.04. The number of benzene rings is 1. The molecule has 0 atom stereocenters. The van der Waals surface area contributed by atoms with Gasteiger partial charge in [0.15, 0.2) is 11.5 Å². The first-order valence-corrected chi connectivity index (χ1v) is 11.6. The molecule has 7 nitrogen and oxygen atoms in total. The van der Waals surface area contributed by atoms with Crippen LogP contribution in [0.5, 0.6) is 23.0 Å². The van der Waals surface area contributed by atoms with Crippen molar-refractivity contribution in [2.75, 3.05) is 28.4 Å². The van der Waals surface area contributed by atoms with Gasteiger partial charge < -0.3 is 23.8 Å². The molecule has 200 valence electrons. The molecule has 0 bridgehead atoms. The lowest BCUT2D eigenvalue weighted by molar-refractivity contribution is 0.0835. The van der Waals surface area contributed by atoms with Gasteiger partial charge in [-0.3, -0.25) is 9.78 Å². The Morgan fingerprint density at radius 2 is 1.59 bits per heavy atom. The van der Waals surface area contributed by atoms with Crippen LogP contribution in [0.3, 0.4) is 0 Å². The average Bonchev–Trinajstić information content (AvgIpc) is 2.94. The highest BCUT2D eigenvalue weighted by Gasteiger charge is 2.20. The van der Waals surface area contributed by atoms with E-state index in [2.05, 4.69) is 31.3 Å². The molecule has 0 fully saturated rings. The summed E-state index contributed by atoms with van der Waals surface area (Å²) in [4.78, 5) is 18.9. The summed E-state index contributed by atoms with van der Waals surface area (Å²) in [5.74, 6) is 1.97. The van der Waals surface area contributed by atoms with Crippen LogP contribution < -0.4 is 18.9 Å². The number of carbonyl (C=O) groups excluding carboxylic acids is 1. The number of aromatic nitrogens is 1. The van der Waals surface area contributed by atoms with Gasteiger partial charge >= 0.3 is 0 Å². The number of pyridine rings is 1. The third-order valence-corrected chi connectivity index (χ3v) is 4.92. The fraction of sp³-hybridized carbons (Fsp3) is 0.267. The predicted octanol–water partition coefficient (Wildman–Crippen LogP) is 6.93. The number of hydrogen-bond acceptors (Lipinski definition) is 6. The molecular formula is C30H40N2O5. The summed E-state index contributed by atoms with van der Waals surface area (Å²) in [6.07, 6.45) is 6.88. The van der Waals surface area contributed by atoms with Gasteiger partial charge in [-0.25, -0.2) is 0 Å². The smallest absolute Gasteiger partial charge is 0.258 e. The SMILES string of the molecule is C=C.C=C/C=C(\C=C(/C)N(C)C(=O)c1cc(OC)c(OC)c(OC)c1)C(=C)Oc1cccnc1C.CC. The summed E-state index contributed by atoms with van der Waals surface area (Å²) in [6, 6.07) is 6.83. The monoisotopic (exact) mass is 508 g/mol. The molecule has 1 amide bonds. The van der Waals surface area contributed by atoms with Crippen molar-refractivity contribution in [3.63, 3.8) is 0 Å². The molecule has 2 aromatic rings. The maximum Gasteiger partial charge on any atom is 0.258 e. The molecule has 2 rings (SSSR count). The maximum atomic E-state index is 13.2. The van der Waals surface area contributed by atoms with Crippen molar-refractivity contribution in [2.45, 2.75) is 27.7 Å². The summed E-state index contributed by atoms with van der Waals surface area (Å²) in [5.41, 5.74) is 2.45. The van der Waals surface area contributed by atoms with Gasteiger partial charge in [0.25, 0.3) is 5.91 Å². The molecule has 0 saturated heterocycles. The van der Waals surface area contributed by atoms with Crippen molar-refractivity contribution in [3.05, 3.63) is 103 Å². The van der Waals surface area contributed by atoms with Gasteiger partial charge in [-0.15, -0.1) is 13.2 Å². The van der Waals surface area contributed by atoms with Gasteiger partial charge in [0, 0.05) is 30.1 Å². The molecule has 0 aliphatic carbocycles. The fourth-order valence-corrected chi connectivity index (χ4v) is 3.00. The second kappa shape index (κ2) is 17.2. The average molecular weight is 509 g/mol. The summed E-state index contributed by atoms with van der Waals surface area (Å²) >= 11 is 0. The molecule has 7 heteroatoms. The maximum absolute atomic E-state index is 13.2. The van der Waals surface area contributed by atoms with Crippen molar-refractivity contribution in [1.29, 1.82) is 0 Å². The van der Waals surface area contributed by atoms with E-state index < -0.39 is 0 Å². The number of carbonyl (C=O) groups is 1. The van der Waals surface area contributed by atoms with Gasteiger partial charge in [-0.1, -0.05) is 39.2 Å². The lowest BCUT2D eigenvalue weighted by Crippen LogP contribution is -2.25. The van der Waals surface area contributed by atoms with Crippen molar-refractivity contribution < 1.29 is 23.7 Å². The zero-order chi connectivity index (χ0) is 28.5. The number of amides is 1. The minimum atomic E-state index is -0.254. The van der Waals surface area contributed by atoms with Crippen LogP contribution in [0, 0.1) is 6.92 Å². The van der Waals surface area contributed by atoms with Crippen LogP contribution in [0.2, 0.25) is 0 Å². The normalized spacial score (nSPS) is 10.5. The molecule has 0 spiro atoms. The van der Waals surface area contributed by atoms with Crippen molar-refractivity contribution in [2.24, 2.45) is 0 Å². The van der Waals surface area contributed by atoms with E-state index in [1.54, 1.807) is 49.7 Å². The zero-order valence-electron chi connectivity index (χ0n) is 23.4. The number of rotatable bonds is 10. The highest BCUT2D eigenvalue weighted by atomic mass is 16.5. The van der Waals surface area contributed by atoms with Gasteiger partial charge in [0.2, 0.25) is 5.75 Å². The molecule has 0 radical (unpaired) electrons. The van der Waals surface area contributed by atoms with E-state index in [4.69, 9.17) is 18.9 Å². The van der Waals surface area contributed by atoms with Crippen LogP contribution in [0.25, 0.3) is 0 Å². The Kier molecular flexibility index (Phi) is 15.2.